The zero-order chi connectivity index (χ0) is 13.0. The van der Waals surface area contributed by atoms with E-state index in [4.69, 9.17) is 11.6 Å². The third-order valence-electron chi connectivity index (χ3n) is 2.67. The lowest BCUT2D eigenvalue weighted by atomic mass is 10.1. The molecule has 0 spiro atoms. The van der Waals surface area contributed by atoms with Gasteiger partial charge in [-0.15, -0.1) is 11.3 Å². The molecule has 0 atom stereocenters. The molecule has 0 amide bonds. The first-order valence-corrected chi connectivity index (χ1v) is 8.00. The van der Waals surface area contributed by atoms with Crippen LogP contribution in [-0.4, -0.2) is 6.54 Å². The molecule has 0 aliphatic carbocycles. The Bertz CT molecular complexity index is 524. The Morgan fingerprint density at radius 3 is 2.83 bits per heavy atom. The summed E-state index contributed by atoms with van der Waals surface area (Å²) in [7, 11) is 0. The minimum absolute atomic E-state index is 0.823. The van der Waals surface area contributed by atoms with Crippen molar-refractivity contribution in [3.63, 3.8) is 0 Å². The molecule has 0 saturated heterocycles. The van der Waals surface area contributed by atoms with E-state index in [9.17, 15) is 0 Å². The van der Waals surface area contributed by atoms with Crippen LogP contribution in [0.15, 0.2) is 34.1 Å². The van der Waals surface area contributed by atoms with E-state index in [0.29, 0.717) is 0 Å². The van der Waals surface area contributed by atoms with Crippen LogP contribution in [0.4, 0.5) is 0 Å². The zero-order valence-electron chi connectivity index (χ0n) is 10.2. The minimum atomic E-state index is 0.823. The van der Waals surface area contributed by atoms with Gasteiger partial charge in [-0.2, -0.15) is 0 Å². The summed E-state index contributed by atoms with van der Waals surface area (Å²) >= 11 is 11.5. The van der Waals surface area contributed by atoms with E-state index < -0.39 is 0 Å². The minimum Gasteiger partial charge on any atom is -0.313 e. The van der Waals surface area contributed by atoms with Crippen molar-refractivity contribution in [2.24, 2.45) is 0 Å². The lowest BCUT2D eigenvalue weighted by Crippen LogP contribution is -2.14. The van der Waals surface area contributed by atoms with Gasteiger partial charge in [-0.05, 0) is 63.6 Å². The summed E-state index contributed by atoms with van der Waals surface area (Å²) in [5.74, 6) is 0. The fourth-order valence-corrected chi connectivity index (χ4v) is 3.54. The lowest BCUT2D eigenvalue weighted by molar-refractivity contribution is 0.676. The second kappa shape index (κ2) is 6.71. The van der Waals surface area contributed by atoms with Crippen LogP contribution in [0.2, 0.25) is 5.02 Å². The van der Waals surface area contributed by atoms with Crippen molar-refractivity contribution in [2.45, 2.75) is 19.9 Å². The molecule has 96 valence electrons. The van der Waals surface area contributed by atoms with Crippen LogP contribution in [0.1, 0.15) is 18.9 Å². The molecule has 2 rings (SSSR count). The number of benzene rings is 1. The first-order valence-electron chi connectivity index (χ1n) is 5.95. The van der Waals surface area contributed by atoms with Gasteiger partial charge >= 0.3 is 0 Å². The number of rotatable bonds is 5. The summed E-state index contributed by atoms with van der Waals surface area (Å²) in [6, 6.07) is 8.29. The lowest BCUT2D eigenvalue weighted by Gasteiger charge is -2.08. The second-order valence-electron chi connectivity index (χ2n) is 4.08. The van der Waals surface area contributed by atoms with E-state index in [0.717, 1.165) is 34.6 Å². The van der Waals surface area contributed by atoms with Gasteiger partial charge in [0.2, 0.25) is 0 Å². The first kappa shape index (κ1) is 14.1. The summed E-state index contributed by atoms with van der Waals surface area (Å²) in [4.78, 5) is 1.25. The third-order valence-corrected chi connectivity index (χ3v) is 4.92. The zero-order valence-corrected chi connectivity index (χ0v) is 13.3. The number of nitrogens with one attached hydrogen (secondary N) is 1. The topological polar surface area (TPSA) is 12.0 Å². The molecule has 0 aliphatic rings. The second-order valence-corrected chi connectivity index (χ2v) is 6.26. The Morgan fingerprint density at radius 2 is 2.17 bits per heavy atom. The van der Waals surface area contributed by atoms with Crippen LogP contribution in [0.25, 0.3) is 10.4 Å². The van der Waals surface area contributed by atoms with Gasteiger partial charge < -0.3 is 5.32 Å². The van der Waals surface area contributed by atoms with E-state index >= 15 is 0 Å². The molecule has 18 heavy (non-hydrogen) atoms. The van der Waals surface area contributed by atoms with E-state index in [1.54, 1.807) is 11.3 Å². The molecule has 1 aromatic carbocycles. The van der Waals surface area contributed by atoms with Gasteiger partial charge in [0.1, 0.15) is 0 Å². The van der Waals surface area contributed by atoms with Crippen LogP contribution in [0.3, 0.4) is 0 Å². The maximum atomic E-state index is 6.23. The van der Waals surface area contributed by atoms with Gasteiger partial charge in [0.15, 0.2) is 0 Å². The SMILES string of the molecule is CCCNCc1cc(-c2sccc2Br)ccc1Cl. The highest BCUT2D eigenvalue weighted by Gasteiger charge is 2.07. The third kappa shape index (κ3) is 3.35. The summed E-state index contributed by atoms with van der Waals surface area (Å²) in [5, 5.41) is 6.30. The highest BCUT2D eigenvalue weighted by molar-refractivity contribution is 9.10. The maximum Gasteiger partial charge on any atom is 0.0484 e. The van der Waals surface area contributed by atoms with Crippen LogP contribution in [0, 0.1) is 0 Å². The highest BCUT2D eigenvalue weighted by atomic mass is 79.9. The Labute approximate surface area is 125 Å². The van der Waals surface area contributed by atoms with Gasteiger partial charge in [0.25, 0.3) is 0 Å². The predicted molar refractivity (Wildman–Crippen MR) is 84.5 cm³/mol. The molecule has 1 aromatic heterocycles. The van der Waals surface area contributed by atoms with E-state index in [1.165, 1.54) is 10.4 Å². The quantitative estimate of drug-likeness (QED) is 0.723. The Morgan fingerprint density at radius 1 is 1.33 bits per heavy atom. The summed E-state index contributed by atoms with van der Waals surface area (Å²) in [6.45, 7) is 4.00. The van der Waals surface area contributed by atoms with Gasteiger partial charge in [0, 0.05) is 20.9 Å². The Hall–Kier alpha value is -0.350. The van der Waals surface area contributed by atoms with Gasteiger partial charge in [-0.1, -0.05) is 24.6 Å². The molecule has 4 heteroatoms. The van der Waals surface area contributed by atoms with E-state index in [-0.39, 0.29) is 0 Å². The molecule has 1 heterocycles. The fourth-order valence-electron chi connectivity index (χ4n) is 1.75. The number of hydrogen-bond donors (Lipinski definition) is 1. The summed E-state index contributed by atoms with van der Waals surface area (Å²) in [5.41, 5.74) is 2.37. The predicted octanol–water partition coefficient (Wildman–Crippen LogP) is 5.33. The Balaban J connectivity index is 2.23. The summed E-state index contributed by atoms with van der Waals surface area (Å²) < 4.78 is 1.14. The molecule has 0 unspecified atom stereocenters. The van der Waals surface area contributed by atoms with E-state index in [1.807, 2.05) is 6.07 Å². The standard InChI is InChI=1S/C14H15BrClNS/c1-2-6-17-9-11-8-10(3-4-13(11)16)14-12(15)5-7-18-14/h3-5,7-8,17H,2,6,9H2,1H3. The van der Waals surface area contributed by atoms with Gasteiger partial charge in [-0.3, -0.25) is 0 Å². The average Bonchev–Trinajstić information content (AvgIpc) is 2.78. The van der Waals surface area contributed by atoms with Crippen molar-refractivity contribution < 1.29 is 0 Å². The summed E-state index contributed by atoms with van der Waals surface area (Å²) in [6.07, 6.45) is 1.13. The van der Waals surface area contributed by atoms with Crippen LogP contribution < -0.4 is 5.32 Å². The molecule has 1 nitrogen and oxygen atoms in total. The van der Waals surface area contributed by atoms with Crippen molar-refractivity contribution >= 4 is 38.9 Å². The van der Waals surface area contributed by atoms with Crippen LogP contribution >= 0.6 is 38.9 Å². The molecule has 1 N–H and O–H groups in total. The molecular weight excluding hydrogens is 330 g/mol. The van der Waals surface area contributed by atoms with Crippen LogP contribution in [0.5, 0.6) is 0 Å². The molecule has 0 bridgehead atoms. The Kier molecular flexibility index (Phi) is 5.25. The number of hydrogen-bond acceptors (Lipinski definition) is 2. The molecule has 0 fully saturated rings. The van der Waals surface area contributed by atoms with Crippen molar-refractivity contribution in [2.75, 3.05) is 6.54 Å². The maximum absolute atomic E-state index is 6.23. The average molecular weight is 345 g/mol. The molecule has 0 aliphatic heterocycles. The smallest absolute Gasteiger partial charge is 0.0484 e. The number of thiophene rings is 1. The van der Waals surface area contributed by atoms with Gasteiger partial charge in [-0.25, -0.2) is 0 Å². The van der Waals surface area contributed by atoms with Crippen LogP contribution in [-0.2, 0) is 6.54 Å². The van der Waals surface area contributed by atoms with Crippen molar-refractivity contribution in [1.29, 1.82) is 0 Å². The van der Waals surface area contributed by atoms with Crippen molar-refractivity contribution in [1.82, 2.24) is 5.32 Å². The molecule has 0 radical (unpaired) electrons. The highest BCUT2D eigenvalue weighted by Crippen LogP contribution is 2.35. The normalized spacial score (nSPS) is 10.8. The number of halogens is 2. The van der Waals surface area contributed by atoms with Crippen molar-refractivity contribution in [3.8, 4) is 10.4 Å². The monoisotopic (exact) mass is 343 g/mol. The fraction of sp³-hybridized carbons (Fsp3) is 0.286. The van der Waals surface area contributed by atoms with Gasteiger partial charge in [0.05, 0.1) is 0 Å². The largest absolute Gasteiger partial charge is 0.313 e. The molecule has 0 saturated carbocycles. The molecule has 2 aromatic rings. The van der Waals surface area contributed by atoms with E-state index in [2.05, 4.69) is 51.7 Å². The van der Waals surface area contributed by atoms with Crippen molar-refractivity contribution in [3.05, 3.63) is 44.7 Å². The molecular formula is C14H15BrClNS. The first-order chi connectivity index (χ1) is 8.72.